The minimum Gasteiger partial charge on any atom is -0.374 e. The van der Waals surface area contributed by atoms with E-state index in [2.05, 4.69) is 5.32 Å². The molecule has 0 aliphatic heterocycles. The minimum atomic E-state index is -2.04. The number of ketones is 1. The Bertz CT molecular complexity index is 1240. The van der Waals surface area contributed by atoms with Crippen LogP contribution in [-0.4, -0.2) is 53.4 Å². The van der Waals surface area contributed by atoms with E-state index in [-0.39, 0.29) is 25.8 Å². The van der Waals surface area contributed by atoms with Crippen LogP contribution in [0.3, 0.4) is 0 Å². The molecule has 0 spiro atoms. The molecule has 5 N–H and O–H groups in total. The number of benzene rings is 3. The van der Waals surface area contributed by atoms with E-state index in [0.717, 1.165) is 16.7 Å². The molecule has 1 atom stereocenters. The lowest BCUT2D eigenvalue weighted by atomic mass is 9.83. The maximum absolute atomic E-state index is 13.5. The van der Waals surface area contributed by atoms with Crippen LogP contribution in [0.4, 0.5) is 0 Å². The van der Waals surface area contributed by atoms with Gasteiger partial charge in [-0.1, -0.05) is 78.9 Å². The normalized spacial score (nSPS) is 12.9. The van der Waals surface area contributed by atoms with Crippen molar-refractivity contribution in [2.45, 2.75) is 38.5 Å². The number of rotatable bonds is 12. The number of Topliss-reactive ketones (excluding diaryl/α,β-unsaturated/α-hetero) is 1. The monoisotopic (exact) mass is 516 g/mol. The van der Waals surface area contributed by atoms with E-state index in [4.69, 9.17) is 16.2 Å². The third kappa shape index (κ3) is 6.92. The van der Waals surface area contributed by atoms with Gasteiger partial charge in [0.15, 0.2) is 11.3 Å². The zero-order valence-electron chi connectivity index (χ0n) is 22.1. The van der Waals surface area contributed by atoms with Crippen molar-refractivity contribution in [3.05, 3.63) is 96.1 Å². The molecule has 1 unspecified atom stereocenters. The van der Waals surface area contributed by atoms with Crippen molar-refractivity contribution in [2.24, 2.45) is 11.5 Å². The molecule has 8 heteroatoms. The van der Waals surface area contributed by atoms with Crippen LogP contribution in [0.25, 0.3) is 11.1 Å². The van der Waals surface area contributed by atoms with Crippen LogP contribution in [0.2, 0.25) is 0 Å². The largest absolute Gasteiger partial charge is 0.374 e. The Balaban J connectivity index is 1.76. The molecule has 2 amide bonds. The molecule has 0 aliphatic rings. The van der Waals surface area contributed by atoms with Crippen molar-refractivity contribution in [1.82, 2.24) is 10.2 Å². The minimum absolute atomic E-state index is 0.146. The van der Waals surface area contributed by atoms with Crippen molar-refractivity contribution in [2.75, 3.05) is 19.8 Å². The molecule has 8 nitrogen and oxygen atoms in total. The third-order valence-electron chi connectivity index (χ3n) is 6.18. The van der Waals surface area contributed by atoms with Gasteiger partial charge in [0.1, 0.15) is 0 Å². The number of hydrogen-bond acceptors (Lipinski definition) is 6. The smallest absolute Gasteiger partial charge is 0.255 e. The van der Waals surface area contributed by atoms with Gasteiger partial charge in [-0.05, 0) is 43.5 Å². The van der Waals surface area contributed by atoms with Gasteiger partial charge in [0.05, 0.1) is 25.4 Å². The number of amides is 2. The predicted molar refractivity (Wildman–Crippen MR) is 148 cm³/mol. The molecule has 0 bridgehead atoms. The van der Waals surface area contributed by atoms with E-state index < -0.39 is 22.8 Å². The van der Waals surface area contributed by atoms with Gasteiger partial charge in [-0.25, -0.2) is 0 Å². The molecule has 3 aromatic rings. The van der Waals surface area contributed by atoms with E-state index in [9.17, 15) is 14.4 Å². The molecule has 200 valence electrons. The second kappa shape index (κ2) is 12.6. The van der Waals surface area contributed by atoms with Crippen LogP contribution < -0.4 is 16.8 Å². The predicted octanol–water partition coefficient (Wildman–Crippen LogP) is 3.11. The maximum atomic E-state index is 13.5. The lowest BCUT2D eigenvalue weighted by Crippen LogP contribution is -2.69. The summed E-state index contributed by atoms with van der Waals surface area (Å²) in [6.45, 7) is 4.76. The summed E-state index contributed by atoms with van der Waals surface area (Å²) in [4.78, 5) is 41.5. The highest BCUT2D eigenvalue weighted by Gasteiger charge is 2.47. The quantitative estimate of drug-likeness (QED) is 0.251. The molecule has 0 heterocycles. The summed E-state index contributed by atoms with van der Waals surface area (Å²) in [7, 11) is 0. The lowest BCUT2D eigenvalue weighted by molar-refractivity contribution is -0.142. The van der Waals surface area contributed by atoms with E-state index in [1.807, 2.05) is 79.7 Å². The molecule has 0 aromatic heterocycles. The number of nitrogens with zero attached hydrogens (tertiary/aromatic N) is 1. The first-order valence-electron chi connectivity index (χ1n) is 12.5. The topological polar surface area (TPSA) is 128 Å². The summed E-state index contributed by atoms with van der Waals surface area (Å²) in [6, 6.07) is 26.2. The molecule has 0 aliphatic carbocycles. The van der Waals surface area contributed by atoms with Crippen LogP contribution in [-0.2, 0) is 20.9 Å². The second-order valence-corrected chi connectivity index (χ2v) is 9.74. The summed E-state index contributed by atoms with van der Waals surface area (Å²) >= 11 is 0. The number of nitrogens with one attached hydrogen (secondary N) is 1. The van der Waals surface area contributed by atoms with Crippen LogP contribution in [0.15, 0.2) is 84.9 Å². The van der Waals surface area contributed by atoms with Crippen molar-refractivity contribution in [3.8, 4) is 11.1 Å². The Kier molecular flexibility index (Phi) is 9.52. The Morgan fingerprint density at radius 2 is 1.45 bits per heavy atom. The molecular formula is C30H36N4O4. The molecule has 3 rings (SSSR count). The third-order valence-corrected chi connectivity index (χ3v) is 6.18. The van der Waals surface area contributed by atoms with E-state index in [0.29, 0.717) is 12.1 Å². The van der Waals surface area contributed by atoms with Crippen molar-refractivity contribution < 1.29 is 19.1 Å². The Morgan fingerprint density at radius 1 is 0.868 bits per heavy atom. The van der Waals surface area contributed by atoms with Crippen LogP contribution in [0, 0.1) is 0 Å². The highest BCUT2D eigenvalue weighted by atomic mass is 16.5. The molecule has 0 saturated heterocycles. The Labute approximate surface area is 224 Å². The highest BCUT2D eigenvalue weighted by molar-refractivity contribution is 6.14. The van der Waals surface area contributed by atoms with Crippen LogP contribution >= 0.6 is 0 Å². The average molecular weight is 517 g/mol. The molecule has 0 saturated carbocycles. The Hall–Kier alpha value is -3.85. The average Bonchev–Trinajstić information content (AvgIpc) is 2.93. The van der Waals surface area contributed by atoms with Gasteiger partial charge in [-0.15, -0.1) is 0 Å². The van der Waals surface area contributed by atoms with Crippen molar-refractivity contribution >= 4 is 17.6 Å². The lowest BCUT2D eigenvalue weighted by Gasteiger charge is -2.33. The van der Waals surface area contributed by atoms with E-state index in [1.54, 1.807) is 12.1 Å². The van der Waals surface area contributed by atoms with Gasteiger partial charge in [-0.2, -0.15) is 0 Å². The summed E-state index contributed by atoms with van der Waals surface area (Å²) in [6.07, 6.45) is 0. The number of ether oxygens (including phenoxy) is 1. The van der Waals surface area contributed by atoms with Crippen LogP contribution in [0.5, 0.6) is 0 Å². The fourth-order valence-electron chi connectivity index (χ4n) is 4.07. The first-order chi connectivity index (χ1) is 18.1. The zero-order chi connectivity index (χ0) is 27.8. The van der Waals surface area contributed by atoms with Gasteiger partial charge >= 0.3 is 0 Å². The van der Waals surface area contributed by atoms with Gasteiger partial charge in [0.25, 0.3) is 11.8 Å². The van der Waals surface area contributed by atoms with Gasteiger partial charge in [-0.3, -0.25) is 14.4 Å². The fourth-order valence-corrected chi connectivity index (χ4v) is 4.07. The first kappa shape index (κ1) is 28.7. The summed E-state index contributed by atoms with van der Waals surface area (Å²) in [5.74, 6) is -1.70. The number of carbonyl (C=O) groups is 3. The van der Waals surface area contributed by atoms with Crippen molar-refractivity contribution in [3.63, 3.8) is 0 Å². The maximum Gasteiger partial charge on any atom is 0.255 e. The molecule has 0 fully saturated rings. The van der Waals surface area contributed by atoms with Gasteiger partial charge in [0, 0.05) is 12.1 Å². The molecule has 3 aromatic carbocycles. The summed E-state index contributed by atoms with van der Waals surface area (Å²) in [5.41, 5.74) is 12.1. The van der Waals surface area contributed by atoms with Gasteiger partial charge in [0.2, 0.25) is 0 Å². The SMILES string of the molecule is CCN(CNC(=O)C(N)(COCc1ccccc1)C(=O)C(C)(C)N)C(=O)c1ccccc1-c1ccccc1. The molecule has 38 heavy (non-hydrogen) atoms. The number of hydrogen-bond donors (Lipinski definition) is 3. The highest BCUT2D eigenvalue weighted by Crippen LogP contribution is 2.24. The van der Waals surface area contributed by atoms with Crippen molar-refractivity contribution in [1.29, 1.82) is 0 Å². The number of carbonyl (C=O) groups excluding carboxylic acids is 3. The van der Waals surface area contributed by atoms with Gasteiger partial charge < -0.3 is 26.4 Å². The van der Waals surface area contributed by atoms with E-state index >= 15 is 0 Å². The first-order valence-corrected chi connectivity index (χ1v) is 12.5. The molecular weight excluding hydrogens is 480 g/mol. The second-order valence-electron chi connectivity index (χ2n) is 9.74. The zero-order valence-corrected chi connectivity index (χ0v) is 22.1. The summed E-state index contributed by atoms with van der Waals surface area (Å²) in [5, 5.41) is 2.67. The number of nitrogens with two attached hydrogens (primary N) is 2. The van der Waals surface area contributed by atoms with Crippen LogP contribution in [0.1, 0.15) is 36.7 Å². The molecule has 0 radical (unpaired) electrons. The standard InChI is InChI=1S/C30H36N4O4/c1-4-34(26(35)25-18-12-11-17-24(25)23-15-9-6-10-16-23)21-33-28(37)30(32,27(36)29(2,3)31)20-38-19-22-13-7-5-8-14-22/h5-18H,4,19-21,31-32H2,1-3H3,(H,33,37). The fraction of sp³-hybridized carbons (Fsp3) is 0.300. The summed E-state index contributed by atoms with van der Waals surface area (Å²) < 4.78 is 5.69. The van der Waals surface area contributed by atoms with E-state index in [1.165, 1.54) is 18.7 Å². The Morgan fingerprint density at radius 3 is 2.05 bits per heavy atom.